The van der Waals surface area contributed by atoms with Crippen molar-refractivity contribution < 1.29 is 4.79 Å². The molecule has 0 radical (unpaired) electrons. The Morgan fingerprint density at radius 3 is 2.73 bits per heavy atom. The number of carbonyl (C=O) groups excluding carboxylic acids is 1. The maximum absolute atomic E-state index is 12.9. The third-order valence-corrected chi connectivity index (χ3v) is 6.46. The van der Waals surface area contributed by atoms with Crippen molar-refractivity contribution in [1.29, 1.82) is 0 Å². The summed E-state index contributed by atoms with van der Waals surface area (Å²) >= 11 is 1.47. The summed E-state index contributed by atoms with van der Waals surface area (Å²) in [6, 6.07) is 8.19. The Morgan fingerprint density at radius 2 is 2.00 bits per heavy atom. The van der Waals surface area contributed by atoms with E-state index in [-0.39, 0.29) is 12.5 Å². The van der Waals surface area contributed by atoms with Gasteiger partial charge in [-0.1, -0.05) is 25.1 Å². The smallest absolute Gasteiger partial charge is 0.246 e. The van der Waals surface area contributed by atoms with Gasteiger partial charge in [-0.25, -0.2) is 4.98 Å². The molecule has 1 fully saturated rings. The van der Waals surface area contributed by atoms with Crippen LogP contribution < -0.4 is 15.1 Å². The molecule has 0 unspecified atom stereocenters. The quantitative estimate of drug-likeness (QED) is 0.592. The van der Waals surface area contributed by atoms with Crippen LogP contribution in [-0.2, 0) is 17.6 Å². The van der Waals surface area contributed by atoms with Crippen LogP contribution in [0.15, 0.2) is 29.3 Å². The summed E-state index contributed by atoms with van der Waals surface area (Å²) in [5, 5.41) is 4.27. The molecule has 1 aromatic heterocycles. The fourth-order valence-corrected chi connectivity index (χ4v) is 4.80. The number of amides is 1. The van der Waals surface area contributed by atoms with Crippen molar-refractivity contribution in [3.05, 3.63) is 35.7 Å². The van der Waals surface area contributed by atoms with Gasteiger partial charge in [-0.15, -0.1) is 0 Å². The van der Waals surface area contributed by atoms with E-state index in [9.17, 15) is 4.79 Å². The van der Waals surface area contributed by atoms with E-state index in [4.69, 9.17) is 0 Å². The number of benzene rings is 1. The van der Waals surface area contributed by atoms with Gasteiger partial charge in [0, 0.05) is 63.4 Å². The third-order valence-electron chi connectivity index (χ3n) is 5.64. The van der Waals surface area contributed by atoms with Crippen LogP contribution in [0.5, 0.6) is 0 Å². The highest BCUT2D eigenvalue weighted by atomic mass is 32.1. The second kappa shape index (κ2) is 9.42. The molecule has 2 aliphatic rings. The van der Waals surface area contributed by atoms with Gasteiger partial charge in [0.2, 0.25) is 11.0 Å². The van der Waals surface area contributed by atoms with Gasteiger partial charge in [0.1, 0.15) is 5.82 Å². The van der Waals surface area contributed by atoms with Crippen LogP contribution in [0.4, 0.5) is 10.8 Å². The summed E-state index contributed by atoms with van der Waals surface area (Å²) in [7, 11) is 1.77. The lowest BCUT2D eigenvalue weighted by atomic mass is 10.0. The van der Waals surface area contributed by atoms with Crippen molar-refractivity contribution in [3.63, 3.8) is 0 Å². The molecule has 30 heavy (non-hydrogen) atoms. The number of aromatic nitrogens is 2. The molecule has 0 saturated carbocycles. The number of hydrogen-bond donors (Lipinski definition) is 1. The van der Waals surface area contributed by atoms with Gasteiger partial charge in [0.15, 0.2) is 5.96 Å². The monoisotopic (exact) mass is 427 g/mol. The normalized spacial score (nSPS) is 17.1. The second-order valence-corrected chi connectivity index (χ2v) is 8.23. The van der Waals surface area contributed by atoms with Crippen molar-refractivity contribution in [1.82, 2.24) is 19.6 Å². The predicted octanol–water partition coefficient (Wildman–Crippen LogP) is 1.78. The predicted molar refractivity (Wildman–Crippen MR) is 122 cm³/mol. The summed E-state index contributed by atoms with van der Waals surface area (Å²) in [4.78, 5) is 28.3. The minimum atomic E-state index is 0.0860. The largest absolute Gasteiger partial charge is 0.347 e. The maximum atomic E-state index is 12.9. The number of fused-ring (bicyclic) bond motifs is 1. The van der Waals surface area contributed by atoms with Gasteiger partial charge in [-0.05, 0) is 24.5 Å². The molecule has 8 nitrogen and oxygen atoms in total. The Hall–Kier alpha value is -2.68. The Balaban J connectivity index is 1.31. The molecule has 1 N–H and O–H groups in total. The average Bonchev–Trinajstić information content (AvgIpc) is 3.29. The van der Waals surface area contributed by atoms with Crippen LogP contribution in [-0.4, -0.2) is 72.4 Å². The van der Waals surface area contributed by atoms with Crippen LogP contribution >= 0.6 is 11.5 Å². The molecular weight excluding hydrogens is 398 g/mol. The molecule has 2 aliphatic heterocycles. The molecule has 160 valence electrons. The summed E-state index contributed by atoms with van der Waals surface area (Å²) in [6.45, 7) is 6.50. The minimum Gasteiger partial charge on any atom is -0.347 e. The van der Waals surface area contributed by atoms with Crippen molar-refractivity contribution in [2.24, 2.45) is 4.99 Å². The van der Waals surface area contributed by atoms with Crippen molar-refractivity contribution in [2.75, 3.05) is 56.1 Å². The molecule has 1 amide bonds. The standard InChI is InChI=1S/C21H29N7OS/c1-3-18-24-21(30-25-18)27-13-11-26(12-14-27)20(22-2)23-15-19(29)28-10-6-8-16-7-4-5-9-17(16)28/h4-5,7,9H,3,6,8,10-15H2,1-2H3,(H,22,23). The summed E-state index contributed by atoms with van der Waals surface area (Å²) in [5.74, 6) is 1.77. The zero-order chi connectivity index (χ0) is 20.9. The zero-order valence-electron chi connectivity index (χ0n) is 17.7. The second-order valence-electron chi connectivity index (χ2n) is 7.50. The number of nitrogens with zero attached hydrogens (tertiary/aromatic N) is 6. The Labute approximate surface area is 181 Å². The molecule has 4 rings (SSSR count). The number of nitrogens with one attached hydrogen (secondary N) is 1. The first-order chi connectivity index (χ1) is 14.7. The highest BCUT2D eigenvalue weighted by molar-refractivity contribution is 7.09. The van der Waals surface area contributed by atoms with Gasteiger partial charge in [0.05, 0.1) is 6.54 Å². The van der Waals surface area contributed by atoms with Crippen LogP contribution in [0.3, 0.4) is 0 Å². The first kappa shape index (κ1) is 20.6. The maximum Gasteiger partial charge on any atom is 0.246 e. The number of aliphatic imine (C=N–C) groups is 1. The molecule has 1 saturated heterocycles. The van der Waals surface area contributed by atoms with E-state index in [1.165, 1.54) is 17.1 Å². The van der Waals surface area contributed by atoms with E-state index >= 15 is 0 Å². The number of anilines is 2. The molecule has 3 heterocycles. The SMILES string of the molecule is CCc1nsc(N2CCN(C(=NC)NCC(=O)N3CCCc4ccccc43)CC2)n1. The van der Waals surface area contributed by atoms with E-state index < -0.39 is 0 Å². The zero-order valence-corrected chi connectivity index (χ0v) is 18.5. The molecule has 0 spiro atoms. The van der Waals surface area contributed by atoms with Crippen LogP contribution in [0.25, 0.3) is 0 Å². The number of carbonyl (C=O) groups is 1. The van der Waals surface area contributed by atoms with E-state index in [0.717, 1.165) is 74.6 Å². The highest BCUT2D eigenvalue weighted by Gasteiger charge is 2.25. The van der Waals surface area contributed by atoms with Gasteiger partial charge in [-0.2, -0.15) is 4.37 Å². The Kier molecular flexibility index (Phi) is 6.47. The van der Waals surface area contributed by atoms with Crippen molar-refractivity contribution >= 4 is 34.2 Å². The topological polar surface area (TPSA) is 77.0 Å². The van der Waals surface area contributed by atoms with E-state index in [2.05, 4.69) is 42.5 Å². The van der Waals surface area contributed by atoms with Gasteiger partial charge in [-0.3, -0.25) is 9.79 Å². The minimum absolute atomic E-state index is 0.0860. The number of hydrogen-bond acceptors (Lipinski definition) is 6. The number of guanidine groups is 1. The van der Waals surface area contributed by atoms with Gasteiger partial charge >= 0.3 is 0 Å². The molecule has 1 aromatic carbocycles. The first-order valence-electron chi connectivity index (χ1n) is 10.6. The average molecular weight is 428 g/mol. The van der Waals surface area contributed by atoms with Crippen LogP contribution in [0.2, 0.25) is 0 Å². The van der Waals surface area contributed by atoms with E-state index in [1.807, 2.05) is 23.1 Å². The molecule has 0 bridgehead atoms. The van der Waals surface area contributed by atoms with Crippen LogP contribution in [0, 0.1) is 0 Å². The van der Waals surface area contributed by atoms with E-state index in [1.54, 1.807) is 7.05 Å². The van der Waals surface area contributed by atoms with Crippen molar-refractivity contribution in [2.45, 2.75) is 26.2 Å². The fraction of sp³-hybridized carbons (Fsp3) is 0.524. The summed E-state index contributed by atoms with van der Waals surface area (Å²) in [5.41, 5.74) is 2.29. The van der Waals surface area contributed by atoms with Crippen molar-refractivity contribution in [3.8, 4) is 0 Å². The van der Waals surface area contributed by atoms with Gasteiger partial charge < -0.3 is 20.0 Å². The number of aryl methyl sites for hydroxylation is 2. The summed E-state index contributed by atoms with van der Waals surface area (Å²) < 4.78 is 4.39. The lowest BCUT2D eigenvalue weighted by Gasteiger charge is -2.36. The Bertz CT molecular complexity index is 904. The fourth-order valence-electron chi connectivity index (χ4n) is 4.00. The lowest BCUT2D eigenvalue weighted by molar-refractivity contribution is -0.117. The van der Waals surface area contributed by atoms with Crippen LogP contribution in [0.1, 0.15) is 24.7 Å². The highest BCUT2D eigenvalue weighted by Crippen LogP contribution is 2.26. The molecule has 0 atom stereocenters. The number of para-hydroxylation sites is 1. The Morgan fingerprint density at radius 1 is 1.20 bits per heavy atom. The third kappa shape index (κ3) is 4.40. The molecular formula is C21H29N7OS. The lowest BCUT2D eigenvalue weighted by Crippen LogP contribution is -2.54. The molecule has 0 aliphatic carbocycles. The summed E-state index contributed by atoms with van der Waals surface area (Å²) in [6.07, 6.45) is 2.90. The first-order valence-corrected chi connectivity index (χ1v) is 11.4. The van der Waals surface area contributed by atoms with E-state index in [0.29, 0.717) is 0 Å². The molecule has 9 heteroatoms. The van der Waals surface area contributed by atoms with Gasteiger partial charge in [0.25, 0.3) is 0 Å². The number of rotatable bonds is 4. The number of piperazine rings is 1. The molecule has 2 aromatic rings.